The van der Waals surface area contributed by atoms with Crippen molar-refractivity contribution >= 4 is 17.5 Å². The number of nitrogens with zero attached hydrogens (tertiary/aromatic N) is 1. The van der Waals surface area contributed by atoms with Gasteiger partial charge >= 0.3 is 6.03 Å². The maximum atomic E-state index is 13.4. The molecule has 1 aliphatic rings. The van der Waals surface area contributed by atoms with Gasteiger partial charge in [0.25, 0.3) is 0 Å². The number of piperidine rings is 1. The van der Waals surface area contributed by atoms with Crippen molar-refractivity contribution < 1.29 is 14.0 Å². The van der Waals surface area contributed by atoms with Crippen LogP contribution in [0, 0.1) is 17.7 Å². The first-order valence-corrected chi connectivity index (χ1v) is 13.1. The standard InChI is InChI=1S/C31H36FN3O2/c1-23(36)26-9-5-10-30(21-26)34-31(37)33-16-6-17-35-18-15-27(19-25-11-13-29(32)14-12-25)28(22-35)20-24-7-3-2-4-8-24/h2-5,7-14,21,27-28H,6,15-20,22H2,1H3,(H2,33,34,37). The Labute approximate surface area is 219 Å². The highest BCUT2D eigenvalue weighted by atomic mass is 19.1. The van der Waals surface area contributed by atoms with E-state index < -0.39 is 0 Å². The third kappa shape index (κ3) is 8.25. The van der Waals surface area contributed by atoms with Gasteiger partial charge in [0.1, 0.15) is 5.82 Å². The number of hydrogen-bond acceptors (Lipinski definition) is 3. The van der Waals surface area contributed by atoms with Gasteiger partial charge in [0.15, 0.2) is 5.78 Å². The van der Waals surface area contributed by atoms with Gasteiger partial charge in [-0.1, -0.05) is 54.6 Å². The molecule has 5 nitrogen and oxygen atoms in total. The van der Waals surface area contributed by atoms with E-state index in [2.05, 4.69) is 45.9 Å². The number of carbonyl (C=O) groups excluding carboxylic acids is 2. The molecule has 1 heterocycles. The second kappa shape index (κ2) is 13.2. The monoisotopic (exact) mass is 501 g/mol. The van der Waals surface area contributed by atoms with Crippen molar-refractivity contribution in [3.8, 4) is 0 Å². The zero-order chi connectivity index (χ0) is 26.0. The predicted molar refractivity (Wildman–Crippen MR) is 146 cm³/mol. The Balaban J connectivity index is 1.26. The van der Waals surface area contributed by atoms with E-state index in [1.54, 1.807) is 36.4 Å². The van der Waals surface area contributed by atoms with Crippen molar-refractivity contribution in [3.05, 3.63) is 101 Å². The van der Waals surface area contributed by atoms with E-state index in [-0.39, 0.29) is 17.6 Å². The highest BCUT2D eigenvalue weighted by Gasteiger charge is 2.29. The van der Waals surface area contributed by atoms with Gasteiger partial charge in [-0.2, -0.15) is 0 Å². The highest BCUT2D eigenvalue weighted by molar-refractivity contribution is 5.96. The lowest BCUT2D eigenvalue weighted by atomic mass is 9.78. The molecule has 0 aliphatic carbocycles. The van der Waals surface area contributed by atoms with Crippen LogP contribution in [0.25, 0.3) is 0 Å². The maximum Gasteiger partial charge on any atom is 0.319 e. The molecule has 1 fully saturated rings. The highest BCUT2D eigenvalue weighted by Crippen LogP contribution is 2.30. The predicted octanol–water partition coefficient (Wildman–Crippen LogP) is 5.96. The summed E-state index contributed by atoms with van der Waals surface area (Å²) < 4.78 is 13.4. The maximum absolute atomic E-state index is 13.4. The van der Waals surface area contributed by atoms with Crippen LogP contribution in [0.15, 0.2) is 78.9 Å². The van der Waals surface area contributed by atoms with Gasteiger partial charge in [-0.25, -0.2) is 9.18 Å². The van der Waals surface area contributed by atoms with E-state index in [0.717, 1.165) is 45.3 Å². The molecule has 2 unspecified atom stereocenters. The Bertz CT molecular complexity index is 1170. The molecular weight excluding hydrogens is 465 g/mol. The molecular formula is C31H36FN3O2. The normalized spacial score (nSPS) is 17.8. The molecule has 6 heteroatoms. The van der Waals surface area contributed by atoms with Crippen molar-refractivity contribution in [1.82, 2.24) is 10.2 Å². The van der Waals surface area contributed by atoms with E-state index in [4.69, 9.17) is 0 Å². The van der Waals surface area contributed by atoms with Crippen molar-refractivity contribution in [2.24, 2.45) is 11.8 Å². The van der Waals surface area contributed by atoms with E-state index >= 15 is 0 Å². The smallest absolute Gasteiger partial charge is 0.319 e. The van der Waals surface area contributed by atoms with Crippen LogP contribution in [-0.4, -0.2) is 42.9 Å². The average molecular weight is 502 g/mol. The van der Waals surface area contributed by atoms with E-state index in [1.807, 2.05) is 12.1 Å². The Hall–Kier alpha value is -3.51. The zero-order valence-electron chi connectivity index (χ0n) is 21.5. The number of nitrogens with one attached hydrogen (secondary N) is 2. The molecule has 2 atom stereocenters. The number of halogens is 1. The molecule has 0 spiro atoms. The molecule has 1 saturated heterocycles. The first-order valence-electron chi connectivity index (χ1n) is 13.1. The number of amides is 2. The summed E-state index contributed by atoms with van der Waals surface area (Å²) in [7, 11) is 0. The van der Waals surface area contributed by atoms with E-state index in [9.17, 15) is 14.0 Å². The van der Waals surface area contributed by atoms with E-state index in [1.165, 1.54) is 18.1 Å². The number of rotatable bonds is 10. The number of likely N-dealkylation sites (tertiary alicyclic amines) is 1. The fraction of sp³-hybridized carbons (Fsp3) is 0.355. The minimum atomic E-state index is -0.263. The van der Waals surface area contributed by atoms with Crippen LogP contribution in [0.4, 0.5) is 14.9 Å². The number of urea groups is 1. The van der Waals surface area contributed by atoms with Gasteiger partial charge in [-0.3, -0.25) is 4.79 Å². The van der Waals surface area contributed by atoms with Crippen LogP contribution in [0.3, 0.4) is 0 Å². The average Bonchev–Trinajstić information content (AvgIpc) is 2.90. The lowest BCUT2D eigenvalue weighted by Gasteiger charge is -2.39. The fourth-order valence-corrected chi connectivity index (χ4v) is 5.20. The molecule has 0 bridgehead atoms. The zero-order valence-corrected chi connectivity index (χ0v) is 21.5. The molecule has 1 aliphatic heterocycles. The van der Waals surface area contributed by atoms with Gasteiger partial charge in [-0.05, 0) is 92.9 Å². The van der Waals surface area contributed by atoms with Crippen molar-refractivity contribution in [3.63, 3.8) is 0 Å². The molecule has 194 valence electrons. The van der Waals surface area contributed by atoms with Crippen molar-refractivity contribution in [1.29, 1.82) is 0 Å². The number of benzene rings is 3. The largest absolute Gasteiger partial charge is 0.338 e. The summed E-state index contributed by atoms with van der Waals surface area (Å²) in [5.41, 5.74) is 3.73. The first-order chi connectivity index (χ1) is 18.0. The van der Waals surface area contributed by atoms with Gasteiger partial charge in [0.2, 0.25) is 0 Å². The Kier molecular flexibility index (Phi) is 9.44. The molecule has 0 aromatic heterocycles. The lowest BCUT2D eigenvalue weighted by molar-refractivity contribution is 0.101. The fourth-order valence-electron chi connectivity index (χ4n) is 5.20. The second-order valence-electron chi connectivity index (χ2n) is 10.0. The molecule has 3 aromatic rings. The summed E-state index contributed by atoms with van der Waals surface area (Å²) in [6.45, 7) is 5.06. The topological polar surface area (TPSA) is 61.4 Å². The van der Waals surface area contributed by atoms with Crippen LogP contribution in [0.1, 0.15) is 41.3 Å². The summed E-state index contributed by atoms with van der Waals surface area (Å²) in [5.74, 6) is 0.852. The number of Topliss-reactive ketones (excluding diaryl/α,β-unsaturated/α-hetero) is 1. The quantitative estimate of drug-likeness (QED) is 0.266. The summed E-state index contributed by atoms with van der Waals surface area (Å²) in [6.07, 6.45) is 3.97. The number of carbonyl (C=O) groups is 2. The van der Waals surface area contributed by atoms with Crippen molar-refractivity contribution in [2.45, 2.75) is 32.6 Å². The van der Waals surface area contributed by atoms with E-state index in [0.29, 0.717) is 29.6 Å². The van der Waals surface area contributed by atoms with Gasteiger partial charge < -0.3 is 15.5 Å². The SMILES string of the molecule is CC(=O)c1cccc(NC(=O)NCCCN2CCC(Cc3ccc(F)cc3)C(Cc3ccccc3)C2)c1. The minimum absolute atomic E-state index is 0.0314. The molecule has 4 rings (SSSR count). The Morgan fingerprint density at radius 2 is 1.65 bits per heavy atom. The summed E-state index contributed by atoms with van der Waals surface area (Å²) in [6, 6.07) is 24.3. The second-order valence-corrected chi connectivity index (χ2v) is 10.0. The number of anilines is 1. The molecule has 37 heavy (non-hydrogen) atoms. The third-order valence-electron chi connectivity index (χ3n) is 7.19. The number of hydrogen-bond donors (Lipinski definition) is 2. The minimum Gasteiger partial charge on any atom is -0.338 e. The third-order valence-corrected chi connectivity index (χ3v) is 7.19. The summed E-state index contributed by atoms with van der Waals surface area (Å²) in [5, 5.41) is 5.73. The summed E-state index contributed by atoms with van der Waals surface area (Å²) in [4.78, 5) is 26.3. The Morgan fingerprint density at radius 1 is 0.919 bits per heavy atom. The van der Waals surface area contributed by atoms with Crippen LogP contribution < -0.4 is 10.6 Å². The molecule has 2 N–H and O–H groups in total. The van der Waals surface area contributed by atoms with Gasteiger partial charge in [-0.15, -0.1) is 0 Å². The van der Waals surface area contributed by atoms with Gasteiger partial charge in [0, 0.05) is 24.3 Å². The van der Waals surface area contributed by atoms with Crippen LogP contribution >= 0.6 is 0 Å². The van der Waals surface area contributed by atoms with Gasteiger partial charge in [0.05, 0.1) is 0 Å². The number of ketones is 1. The molecule has 2 amide bonds. The first kappa shape index (κ1) is 26.6. The van der Waals surface area contributed by atoms with Crippen LogP contribution in [-0.2, 0) is 12.8 Å². The lowest BCUT2D eigenvalue weighted by Crippen LogP contribution is -2.43. The Morgan fingerprint density at radius 3 is 2.41 bits per heavy atom. The molecule has 0 saturated carbocycles. The van der Waals surface area contributed by atoms with Crippen LogP contribution in [0.5, 0.6) is 0 Å². The molecule has 3 aromatic carbocycles. The molecule has 0 radical (unpaired) electrons. The van der Waals surface area contributed by atoms with Crippen LogP contribution in [0.2, 0.25) is 0 Å². The van der Waals surface area contributed by atoms with Crippen molar-refractivity contribution in [2.75, 3.05) is 31.5 Å². The summed E-state index contributed by atoms with van der Waals surface area (Å²) >= 11 is 0.